The lowest BCUT2D eigenvalue weighted by atomic mass is 10.6. The molecule has 0 saturated heterocycles. The van der Waals surface area contributed by atoms with Gasteiger partial charge in [0.25, 0.3) is 0 Å². The van der Waals surface area contributed by atoms with E-state index in [1.807, 2.05) is 13.8 Å². The first-order chi connectivity index (χ1) is 6.22. The second-order valence-electron chi connectivity index (χ2n) is 2.59. The van der Waals surface area contributed by atoms with Crippen molar-refractivity contribution in [3.05, 3.63) is 0 Å². The van der Waals surface area contributed by atoms with E-state index < -0.39 is 10.0 Å². The van der Waals surface area contributed by atoms with Crippen LogP contribution in [-0.2, 0) is 8.85 Å². The Morgan fingerprint density at radius 3 is 1.46 bits per heavy atom. The maximum Gasteiger partial charge on any atom is 0.304 e. The van der Waals surface area contributed by atoms with Crippen LogP contribution in [-0.4, -0.2) is 48.3 Å². The van der Waals surface area contributed by atoms with E-state index >= 15 is 0 Å². The predicted molar refractivity (Wildman–Crippen MR) is 60.6 cm³/mol. The molecule has 0 saturated carbocycles. The van der Waals surface area contributed by atoms with Crippen molar-refractivity contribution in [2.45, 2.75) is 27.7 Å². The van der Waals surface area contributed by atoms with Crippen molar-refractivity contribution in [2.75, 3.05) is 33.4 Å². The molecule has 0 amide bonds. The lowest BCUT2D eigenvalue weighted by Gasteiger charge is -2.07. The van der Waals surface area contributed by atoms with Crippen LogP contribution in [0.15, 0.2) is 0 Å². The second-order valence-corrected chi connectivity index (χ2v) is 3.64. The van der Waals surface area contributed by atoms with Crippen molar-refractivity contribution in [2.24, 2.45) is 0 Å². The van der Waals surface area contributed by atoms with Crippen LogP contribution in [0.2, 0.25) is 0 Å². The minimum Gasteiger partial charge on any atom is -0.399 e. The summed E-state index contributed by atoms with van der Waals surface area (Å²) in [6.07, 6.45) is 0. The van der Waals surface area contributed by atoms with Gasteiger partial charge >= 0.3 is 10.0 Å². The molecule has 0 rings (SSSR count). The molecule has 0 atom stereocenters. The Bertz CT molecular complexity index is 76.0. The Morgan fingerprint density at radius 2 is 1.31 bits per heavy atom. The van der Waals surface area contributed by atoms with E-state index in [0.717, 1.165) is 26.3 Å². The largest absolute Gasteiger partial charge is 0.399 e. The van der Waals surface area contributed by atoms with Gasteiger partial charge in [0.2, 0.25) is 0 Å². The molecule has 0 heterocycles. The second kappa shape index (κ2) is 14.6. The summed E-state index contributed by atoms with van der Waals surface area (Å²) >= 11 is 0. The highest BCUT2D eigenvalue weighted by Crippen LogP contribution is 1.73. The summed E-state index contributed by atoms with van der Waals surface area (Å²) in [6.45, 7) is 12.2. The SMILES string of the molecule is CCN(C)CC.CCO[SiH2]OCC. The molecule has 0 aromatic rings. The molecule has 13 heavy (non-hydrogen) atoms. The predicted octanol–water partition coefficient (Wildman–Crippen LogP) is 1.02. The van der Waals surface area contributed by atoms with Crippen molar-refractivity contribution in [3.8, 4) is 0 Å². The highest BCUT2D eigenvalue weighted by molar-refractivity contribution is 6.17. The summed E-state index contributed by atoms with van der Waals surface area (Å²) in [4.78, 5) is 2.25. The zero-order valence-corrected chi connectivity index (χ0v) is 11.2. The first-order valence-electron chi connectivity index (χ1n) is 5.06. The number of rotatable bonds is 6. The van der Waals surface area contributed by atoms with E-state index in [2.05, 4.69) is 25.8 Å². The van der Waals surface area contributed by atoms with Crippen LogP contribution in [0.25, 0.3) is 0 Å². The first kappa shape index (κ1) is 15.6. The van der Waals surface area contributed by atoms with Gasteiger partial charge in [-0.15, -0.1) is 0 Å². The van der Waals surface area contributed by atoms with E-state index in [9.17, 15) is 0 Å². The third-order valence-electron chi connectivity index (χ3n) is 1.65. The third kappa shape index (κ3) is 18.8. The third-order valence-corrected chi connectivity index (χ3v) is 2.80. The standard InChI is InChI=1S/C5H13N.C4H12O2Si/c1-4-6(3)5-2;1-3-5-7-6-4-2/h4-5H2,1-3H3;3-4,7H2,1-2H3. The molecule has 0 unspecified atom stereocenters. The number of hydrogen-bond donors (Lipinski definition) is 0. The van der Waals surface area contributed by atoms with Crippen LogP contribution in [0.3, 0.4) is 0 Å². The van der Waals surface area contributed by atoms with Crippen LogP contribution in [0.5, 0.6) is 0 Å². The highest BCUT2D eigenvalue weighted by Gasteiger charge is 1.81. The van der Waals surface area contributed by atoms with Gasteiger partial charge in [-0.25, -0.2) is 0 Å². The fourth-order valence-electron chi connectivity index (χ4n) is 0.449. The van der Waals surface area contributed by atoms with Gasteiger partial charge in [-0.2, -0.15) is 0 Å². The molecule has 0 aromatic carbocycles. The average molecular weight is 207 g/mol. The van der Waals surface area contributed by atoms with Crippen LogP contribution < -0.4 is 0 Å². The fraction of sp³-hybridized carbons (Fsp3) is 1.00. The molecule has 0 aliphatic rings. The van der Waals surface area contributed by atoms with E-state index in [0.29, 0.717) is 0 Å². The monoisotopic (exact) mass is 207 g/mol. The molecule has 0 N–H and O–H groups in total. The molecule has 0 aliphatic carbocycles. The summed E-state index contributed by atoms with van der Waals surface area (Å²) < 4.78 is 9.98. The molecule has 0 spiro atoms. The molecule has 0 bridgehead atoms. The number of nitrogens with zero attached hydrogens (tertiary/aromatic N) is 1. The van der Waals surface area contributed by atoms with E-state index in [1.165, 1.54) is 0 Å². The van der Waals surface area contributed by atoms with Gasteiger partial charge < -0.3 is 13.8 Å². The minimum atomic E-state index is -0.589. The molecular weight excluding hydrogens is 182 g/mol. The molecule has 0 aromatic heterocycles. The molecule has 0 aliphatic heterocycles. The van der Waals surface area contributed by atoms with Crippen molar-refractivity contribution in [3.63, 3.8) is 0 Å². The molecule has 0 fully saturated rings. The lowest BCUT2D eigenvalue weighted by Crippen LogP contribution is -2.15. The van der Waals surface area contributed by atoms with Crippen molar-refractivity contribution in [1.29, 1.82) is 0 Å². The van der Waals surface area contributed by atoms with Gasteiger partial charge in [-0.3, -0.25) is 0 Å². The summed E-state index contributed by atoms with van der Waals surface area (Å²) in [5.74, 6) is 0. The smallest absolute Gasteiger partial charge is 0.304 e. The van der Waals surface area contributed by atoms with Gasteiger partial charge in [0.05, 0.1) is 0 Å². The summed E-state index contributed by atoms with van der Waals surface area (Å²) in [7, 11) is 1.52. The van der Waals surface area contributed by atoms with Gasteiger partial charge in [-0.05, 0) is 34.0 Å². The summed E-state index contributed by atoms with van der Waals surface area (Å²) in [5.41, 5.74) is 0. The summed E-state index contributed by atoms with van der Waals surface area (Å²) in [6, 6.07) is 0. The van der Waals surface area contributed by atoms with Gasteiger partial charge in [0, 0.05) is 13.2 Å². The molecule has 4 heteroatoms. The van der Waals surface area contributed by atoms with Gasteiger partial charge in [0.1, 0.15) is 0 Å². The zero-order chi connectivity index (χ0) is 10.5. The van der Waals surface area contributed by atoms with Gasteiger partial charge in [-0.1, -0.05) is 13.8 Å². The van der Waals surface area contributed by atoms with Crippen molar-refractivity contribution < 1.29 is 8.85 Å². The van der Waals surface area contributed by atoms with Crippen LogP contribution >= 0.6 is 0 Å². The maximum atomic E-state index is 4.99. The molecule has 0 radical (unpaired) electrons. The first-order valence-corrected chi connectivity index (χ1v) is 6.22. The molecule has 82 valence electrons. The van der Waals surface area contributed by atoms with Crippen LogP contribution in [0, 0.1) is 0 Å². The average Bonchev–Trinajstić information content (AvgIpc) is 2.18. The quantitative estimate of drug-likeness (QED) is 0.479. The number of hydrogen-bond acceptors (Lipinski definition) is 3. The minimum absolute atomic E-state index is 0.589. The van der Waals surface area contributed by atoms with Crippen molar-refractivity contribution >= 4 is 10.0 Å². The van der Waals surface area contributed by atoms with E-state index in [1.54, 1.807) is 0 Å². The topological polar surface area (TPSA) is 21.7 Å². The zero-order valence-electron chi connectivity index (χ0n) is 9.80. The van der Waals surface area contributed by atoms with Crippen LogP contribution in [0.4, 0.5) is 0 Å². The Kier molecular flexibility index (Phi) is 17.5. The van der Waals surface area contributed by atoms with Crippen molar-refractivity contribution in [1.82, 2.24) is 4.90 Å². The van der Waals surface area contributed by atoms with Gasteiger partial charge in [0.15, 0.2) is 0 Å². The Labute approximate surface area is 85.5 Å². The van der Waals surface area contributed by atoms with E-state index in [4.69, 9.17) is 8.85 Å². The maximum absolute atomic E-state index is 4.99. The van der Waals surface area contributed by atoms with E-state index in [-0.39, 0.29) is 0 Å². The summed E-state index contributed by atoms with van der Waals surface area (Å²) in [5, 5.41) is 0. The highest BCUT2D eigenvalue weighted by atomic mass is 28.3. The Morgan fingerprint density at radius 1 is 0.923 bits per heavy atom. The lowest BCUT2D eigenvalue weighted by molar-refractivity contribution is 0.240. The molecule has 3 nitrogen and oxygen atoms in total. The Balaban J connectivity index is 0. The fourth-order valence-corrected chi connectivity index (χ4v) is 0.900. The normalized spacial score (nSPS) is 9.69. The Hall–Kier alpha value is 0.0969. The van der Waals surface area contributed by atoms with Crippen LogP contribution in [0.1, 0.15) is 27.7 Å². The molecular formula is C9H25NO2Si.